The Morgan fingerprint density at radius 1 is 1.25 bits per heavy atom. The number of hydrogen-bond donors (Lipinski definition) is 0. The van der Waals surface area contributed by atoms with Gasteiger partial charge in [0.1, 0.15) is 5.60 Å². The molecule has 1 saturated heterocycles. The average molecular weight is 246 g/mol. The highest BCUT2D eigenvalue weighted by Crippen LogP contribution is 2.26. The van der Waals surface area contributed by atoms with Gasteiger partial charge in [0, 0.05) is 6.42 Å². The van der Waals surface area contributed by atoms with Crippen molar-refractivity contribution >= 4 is 24.1 Å². The highest BCUT2D eigenvalue weighted by atomic mass is 32.2. The van der Waals surface area contributed by atoms with Crippen LogP contribution in [0.1, 0.15) is 34.1 Å². The lowest BCUT2D eigenvalue weighted by Gasteiger charge is -2.23. The van der Waals surface area contributed by atoms with E-state index in [-0.39, 0.29) is 12.0 Å². The van der Waals surface area contributed by atoms with Crippen LogP contribution >= 0.6 is 12.1 Å². The molecule has 1 rings (SSSR count). The number of ether oxygens (including phenoxy) is 1. The van der Waals surface area contributed by atoms with Crippen molar-refractivity contribution in [2.45, 2.75) is 39.7 Å². The number of rotatable bonds is 1. The lowest BCUT2D eigenvalue weighted by Crippen LogP contribution is -2.31. The first-order valence-corrected chi connectivity index (χ1v) is 6.05. The third kappa shape index (κ3) is 3.59. The van der Waals surface area contributed by atoms with Gasteiger partial charge in [-0.05, 0) is 20.8 Å². The number of carbonyl (C=O) groups excluding carboxylic acids is 2. The Balaban J connectivity index is 2.47. The summed E-state index contributed by atoms with van der Waals surface area (Å²) in [5.41, 5.74) is -0.500. The first-order chi connectivity index (χ1) is 7.33. The maximum Gasteiger partial charge on any atom is 0.421 e. The van der Waals surface area contributed by atoms with Crippen LogP contribution in [0.4, 0.5) is 4.79 Å². The molecule has 0 atom stereocenters. The molecule has 1 fully saturated rings. The molecule has 6 heteroatoms. The monoisotopic (exact) mass is 246 g/mol. The summed E-state index contributed by atoms with van der Waals surface area (Å²) < 4.78 is 8.27. The van der Waals surface area contributed by atoms with E-state index >= 15 is 0 Å². The zero-order chi connectivity index (χ0) is 12.3. The Bertz CT molecular complexity index is 288. The number of nitrogens with zero attached hydrogens (tertiary/aromatic N) is 2. The van der Waals surface area contributed by atoms with Crippen molar-refractivity contribution in [2.24, 2.45) is 0 Å². The first kappa shape index (κ1) is 13.2. The molecule has 1 heterocycles. The van der Waals surface area contributed by atoms with Crippen LogP contribution in [0.25, 0.3) is 0 Å². The van der Waals surface area contributed by atoms with Crippen LogP contribution in [0.15, 0.2) is 0 Å². The van der Waals surface area contributed by atoms with Crippen molar-refractivity contribution in [1.82, 2.24) is 8.61 Å². The van der Waals surface area contributed by atoms with Crippen molar-refractivity contribution < 1.29 is 14.3 Å². The van der Waals surface area contributed by atoms with Gasteiger partial charge in [0.05, 0.1) is 25.2 Å². The Hall–Kier alpha value is -0.910. The minimum atomic E-state index is -0.500. The predicted octanol–water partition coefficient (Wildman–Crippen LogP) is 2.04. The van der Waals surface area contributed by atoms with Crippen LogP contribution in [0.5, 0.6) is 0 Å². The fraction of sp³-hybridized carbons (Fsp3) is 0.800. The summed E-state index contributed by atoms with van der Waals surface area (Å²) in [5, 5.41) is 0. The van der Waals surface area contributed by atoms with Crippen molar-refractivity contribution in [2.75, 3.05) is 13.1 Å². The zero-order valence-electron chi connectivity index (χ0n) is 10.1. The van der Waals surface area contributed by atoms with Gasteiger partial charge in [0.25, 0.3) is 0 Å². The molecule has 1 aliphatic heterocycles. The summed E-state index contributed by atoms with van der Waals surface area (Å²) in [5.74, 6) is 0.0380. The SMILES string of the molecule is CCC(=O)N1CCN(C(=O)OC(C)(C)C)S1. The van der Waals surface area contributed by atoms with Crippen molar-refractivity contribution in [3.8, 4) is 0 Å². The van der Waals surface area contributed by atoms with E-state index in [9.17, 15) is 9.59 Å². The molecular weight excluding hydrogens is 228 g/mol. The van der Waals surface area contributed by atoms with Gasteiger partial charge in [-0.3, -0.25) is 9.10 Å². The van der Waals surface area contributed by atoms with E-state index in [1.165, 1.54) is 4.31 Å². The topological polar surface area (TPSA) is 49.9 Å². The summed E-state index contributed by atoms with van der Waals surface area (Å²) >= 11 is 1.13. The van der Waals surface area contributed by atoms with Crippen molar-refractivity contribution in [1.29, 1.82) is 0 Å². The van der Waals surface area contributed by atoms with Gasteiger partial charge in [0.15, 0.2) is 0 Å². The summed E-state index contributed by atoms with van der Waals surface area (Å²) in [6, 6.07) is 0. The molecule has 0 spiro atoms. The highest BCUT2D eigenvalue weighted by Gasteiger charge is 2.31. The molecule has 2 amide bonds. The van der Waals surface area contributed by atoms with Crippen molar-refractivity contribution in [3.63, 3.8) is 0 Å². The van der Waals surface area contributed by atoms with E-state index in [4.69, 9.17) is 4.74 Å². The molecule has 0 N–H and O–H groups in total. The second kappa shape index (κ2) is 4.95. The van der Waals surface area contributed by atoms with Gasteiger partial charge in [-0.2, -0.15) is 0 Å². The van der Waals surface area contributed by atoms with Crippen LogP contribution in [-0.4, -0.2) is 39.3 Å². The quantitative estimate of drug-likeness (QED) is 0.664. The summed E-state index contributed by atoms with van der Waals surface area (Å²) in [7, 11) is 0. The Morgan fingerprint density at radius 2 is 1.81 bits per heavy atom. The summed E-state index contributed by atoms with van der Waals surface area (Å²) in [6.45, 7) is 8.35. The predicted molar refractivity (Wildman–Crippen MR) is 62.5 cm³/mol. The lowest BCUT2D eigenvalue weighted by molar-refractivity contribution is -0.125. The minimum absolute atomic E-state index is 0.0380. The Labute approximate surface area is 100 Å². The van der Waals surface area contributed by atoms with Crippen LogP contribution in [0.3, 0.4) is 0 Å². The van der Waals surface area contributed by atoms with E-state index in [1.807, 2.05) is 20.8 Å². The number of carbonyl (C=O) groups is 2. The van der Waals surface area contributed by atoms with E-state index in [0.29, 0.717) is 19.5 Å². The lowest BCUT2D eigenvalue weighted by atomic mass is 10.2. The first-order valence-electron chi connectivity index (χ1n) is 5.32. The molecule has 0 aliphatic carbocycles. The Kier molecular flexibility index (Phi) is 4.07. The largest absolute Gasteiger partial charge is 0.443 e. The fourth-order valence-electron chi connectivity index (χ4n) is 1.17. The molecule has 0 saturated carbocycles. The molecule has 0 radical (unpaired) electrons. The number of amides is 2. The molecule has 92 valence electrons. The molecule has 1 aliphatic rings. The third-order valence-electron chi connectivity index (χ3n) is 1.88. The standard InChI is InChI=1S/C10H18N2O3S/c1-5-8(13)11-6-7-12(16-11)9(14)15-10(2,3)4/h5-7H2,1-4H3. The van der Waals surface area contributed by atoms with E-state index in [1.54, 1.807) is 11.2 Å². The van der Waals surface area contributed by atoms with Crippen LogP contribution in [0.2, 0.25) is 0 Å². The fourth-order valence-corrected chi connectivity index (χ4v) is 2.05. The minimum Gasteiger partial charge on any atom is -0.443 e. The van der Waals surface area contributed by atoms with E-state index < -0.39 is 5.60 Å². The van der Waals surface area contributed by atoms with E-state index in [2.05, 4.69) is 0 Å². The normalized spacial score (nSPS) is 16.5. The molecular formula is C10H18N2O3S. The molecule has 16 heavy (non-hydrogen) atoms. The number of hydrogen-bond acceptors (Lipinski definition) is 4. The van der Waals surface area contributed by atoms with Gasteiger partial charge in [0.2, 0.25) is 5.91 Å². The second-order valence-corrected chi connectivity index (χ2v) is 5.56. The average Bonchev–Trinajstić information content (AvgIpc) is 2.62. The summed E-state index contributed by atoms with van der Waals surface area (Å²) in [6.07, 6.45) is 0.0683. The highest BCUT2D eigenvalue weighted by molar-refractivity contribution is 7.95. The molecule has 0 aromatic rings. The van der Waals surface area contributed by atoms with Crippen LogP contribution in [-0.2, 0) is 9.53 Å². The smallest absolute Gasteiger partial charge is 0.421 e. The van der Waals surface area contributed by atoms with E-state index in [0.717, 1.165) is 12.1 Å². The zero-order valence-corrected chi connectivity index (χ0v) is 11.0. The van der Waals surface area contributed by atoms with Gasteiger partial charge >= 0.3 is 6.09 Å². The Morgan fingerprint density at radius 3 is 2.31 bits per heavy atom. The molecule has 0 aromatic carbocycles. The molecule has 0 aromatic heterocycles. The van der Waals surface area contributed by atoms with Gasteiger partial charge < -0.3 is 4.74 Å². The summed E-state index contributed by atoms with van der Waals surface area (Å²) in [4.78, 5) is 23.1. The van der Waals surface area contributed by atoms with Crippen LogP contribution < -0.4 is 0 Å². The third-order valence-corrected chi connectivity index (χ3v) is 2.99. The molecule has 5 nitrogen and oxygen atoms in total. The molecule has 0 unspecified atom stereocenters. The second-order valence-electron chi connectivity index (χ2n) is 4.51. The van der Waals surface area contributed by atoms with Gasteiger partial charge in [-0.1, -0.05) is 6.92 Å². The molecule has 0 bridgehead atoms. The maximum absolute atomic E-state index is 11.7. The van der Waals surface area contributed by atoms with Gasteiger partial charge in [-0.25, -0.2) is 9.10 Å². The van der Waals surface area contributed by atoms with Crippen LogP contribution in [0, 0.1) is 0 Å². The van der Waals surface area contributed by atoms with Crippen molar-refractivity contribution in [3.05, 3.63) is 0 Å². The van der Waals surface area contributed by atoms with Gasteiger partial charge in [-0.15, -0.1) is 0 Å². The maximum atomic E-state index is 11.7.